The van der Waals surface area contributed by atoms with E-state index in [4.69, 9.17) is 11.6 Å². The van der Waals surface area contributed by atoms with Gasteiger partial charge in [-0.05, 0) is 23.6 Å². The molecule has 0 spiro atoms. The molecule has 5 nitrogen and oxygen atoms in total. The minimum absolute atomic E-state index is 0.0290. The SMILES string of the molecule is CC(C)C(C(=O)NCc1ncn[nH]1)c1ccc(Cl)cc1. The summed E-state index contributed by atoms with van der Waals surface area (Å²) in [4.78, 5) is 16.3. The molecule has 0 bridgehead atoms. The fourth-order valence-electron chi connectivity index (χ4n) is 2.11. The summed E-state index contributed by atoms with van der Waals surface area (Å²) in [6.45, 7) is 4.39. The monoisotopic (exact) mass is 292 g/mol. The van der Waals surface area contributed by atoms with Gasteiger partial charge in [-0.3, -0.25) is 9.89 Å². The Bertz CT molecular complexity index is 551. The summed E-state index contributed by atoms with van der Waals surface area (Å²) in [5, 5.41) is 10.00. The van der Waals surface area contributed by atoms with E-state index >= 15 is 0 Å². The Balaban J connectivity index is 2.08. The number of hydrogen-bond donors (Lipinski definition) is 2. The minimum atomic E-state index is -0.213. The highest BCUT2D eigenvalue weighted by molar-refractivity contribution is 6.30. The van der Waals surface area contributed by atoms with Gasteiger partial charge in [-0.1, -0.05) is 37.6 Å². The minimum Gasteiger partial charge on any atom is -0.348 e. The van der Waals surface area contributed by atoms with Gasteiger partial charge in [0.25, 0.3) is 0 Å². The first-order chi connectivity index (χ1) is 9.58. The molecule has 20 heavy (non-hydrogen) atoms. The van der Waals surface area contributed by atoms with Crippen molar-refractivity contribution in [2.45, 2.75) is 26.3 Å². The topological polar surface area (TPSA) is 70.7 Å². The van der Waals surface area contributed by atoms with E-state index in [1.165, 1.54) is 6.33 Å². The molecule has 0 aliphatic heterocycles. The number of hydrogen-bond acceptors (Lipinski definition) is 3. The van der Waals surface area contributed by atoms with Gasteiger partial charge >= 0.3 is 0 Å². The molecular formula is C14H17ClN4O. The number of aromatic amines is 1. The van der Waals surface area contributed by atoms with Gasteiger partial charge in [0, 0.05) is 5.02 Å². The normalized spacial score (nSPS) is 12.4. The zero-order valence-electron chi connectivity index (χ0n) is 11.4. The van der Waals surface area contributed by atoms with Gasteiger partial charge in [-0.2, -0.15) is 5.10 Å². The van der Waals surface area contributed by atoms with Crippen LogP contribution in [0.5, 0.6) is 0 Å². The Hall–Kier alpha value is -1.88. The van der Waals surface area contributed by atoms with Crippen molar-refractivity contribution in [3.63, 3.8) is 0 Å². The van der Waals surface area contributed by atoms with E-state index in [-0.39, 0.29) is 17.7 Å². The van der Waals surface area contributed by atoms with Crippen LogP contribution in [-0.4, -0.2) is 21.1 Å². The van der Waals surface area contributed by atoms with Crippen LogP contribution >= 0.6 is 11.6 Å². The molecule has 1 atom stereocenters. The van der Waals surface area contributed by atoms with Gasteiger partial charge in [0.15, 0.2) is 0 Å². The summed E-state index contributed by atoms with van der Waals surface area (Å²) in [6.07, 6.45) is 1.42. The predicted molar refractivity (Wildman–Crippen MR) is 77.3 cm³/mol. The van der Waals surface area contributed by atoms with E-state index in [0.717, 1.165) is 5.56 Å². The highest BCUT2D eigenvalue weighted by Crippen LogP contribution is 2.26. The van der Waals surface area contributed by atoms with Crippen LogP contribution < -0.4 is 5.32 Å². The van der Waals surface area contributed by atoms with Gasteiger partial charge in [-0.25, -0.2) is 4.98 Å². The second-order valence-corrected chi connectivity index (χ2v) is 5.36. The third kappa shape index (κ3) is 3.57. The molecule has 0 aliphatic carbocycles. The molecule has 0 saturated carbocycles. The maximum Gasteiger partial charge on any atom is 0.228 e. The second-order valence-electron chi connectivity index (χ2n) is 4.92. The van der Waals surface area contributed by atoms with Crippen LogP contribution in [0, 0.1) is 5.92 Å². The summed E-state index contributed by atoms with van der Waals surface area (Å²) in [6, 6.07) is 7.38. The van der Waals surface area contributed by atoms with Crippen molar-refractivity contribution < 1.29 is 4.79 Å². The van der Waals surface area contributed by atoms with Gasteiger partial charge in [0.1, 0.15) is 12.2 Å². The number of benzene rings is 1. The second kappa shape index (κ2) is 6.52. The number of rotatable bonds is 5. The largest absolute Gasteiger partial charge is 0.348 e. The first kappa shape index (κ1) is 14.5. The molecule has 1 heterocycles. The van der Waals surface area contributed by atoms with Gasteiger partial charge in [-0.15, -0.1) is 0 Å². The van der Waals surface area contributed by atoms with Crippen molar-refractivity contribution in [2.75, 3.05) is 0 Å². The predicted octanol–water partition coefficient (Wildman–Crippen LogP) is 2.51. The quantitative estimate of drug-likeness (QED) is 0.889. The number of carbonyl (C=O) groups excluding carboxylic acids is 1. The van der Waals surface area contributed by atoms with Crippen molar-refractivity contribution in [3.8, 4) is 0 Å². The fraction of sp³-hybridized carbons (Fsp3) is 0.357. The first-order valence-corrected chi connectivity index (χ1v) is 6.83. The first-order valence-electron chi connectivity index (χ1n) is 6.45. The van der Waals surface area contributed by atoms with E-state index in [2.05, 4.69) is 20.5 Å². The van der Waals surface area contributed by atoms with E-state index in [0.29, 0.717) is 17.4 Å². The van der Waals surface area contributed by atoms with Crippen LogP contribution in [0.25, 0.3) is 0 Å². The Morgan fingerprint density at radius 2 is 2.05 bits per heavy atom. The lowest BCUT2D eigenvalue weighted by Crippen LogP contribution is -2.32. The number of aromatic nitrogens is 3. The number of amides is 1. The van der Waals surface area contributed by atoms with Gasteiger partial charge in [0.05, 0.1) is 12.5 Å². The molecule has 0 saturated heterocycles. The van der Waals surface area contributed by atoms with Crippen molar-refractivity contribution in [1.29, 1.82) is 0 Å². The lowest BCUT2D eigenvalue weighted by Gasteiger charge is -2.20. The van der Waals surface area contributed by atoms with Crippen LogP contribution in [0.3, 0.4) is 0 Å². The number of halogens is 1. The molecule has 0 fully saturated rings. The molecule has 106 valence electrons. The maximum atomic E-state index is 12.4. The average molecular weight is 293 g/mol. The van der Waals surface area contributed by atoms with Crippen LogP contribution in [0.15, 0.2) is 30.6 Å². The molecule has 1 amide bonds. The van der Waals surface area contributed by atoms with E-state index in [1.54, 1.807) is 12.1 Å². The highest BCUT2D eigenvalue weighted by atomic mass is 35.5. The Labute approximate surface area is 122 Å². The number of nitrogens with one attached hydrogen (secondary N) is 2. The lowest BCUT2D eigenvalue weighted by atomic mass is 9.87. The van der Waals surface area contributed by atoms with Crippen molar-refractivity contribution in [1.82, 2.24) is 20.5 Å². The fourth-order valence-corrected chi connectivity index (χ4v) is 2.23. The van der Waals surface area contributed by atoms with Gasteiger partial charge in [0.2, 0.25) is 5.91 Å². The third-order valence-corrected chi connectivity index (χ3v) is 3.33. The highest BCUT2D eigenvalue weighted by Gasteiger charge is 2.24. The van der Waals surface area contributed by atoms with E-state index < -0.39 is 0 Å². The van der Waals surface area contributed by atoms with Crippen LogP contribution in [-0.2, 0) is 11.3 Å². The van der Waals surface area contributed by atoms with Crippen molar-refractivity contribution >= 4 is 17.5 Å². The molecule has 1 aromatic carbocycles. The smallest absolute Gasteiger partial charge is 0.228 e. The Morgan fingerprint density at radius 1 is 1.35 bits per heavy atom. The Morgan fingerprint density at radius 3 is 2.60 bits per heavy atom. The summed E-state index contributed by atoms with van der Waals surface area (Å²) >= 11 is 5.88. The Kier molecular flexibility index (Phi) is 4.74. The number of H-pyrrole nitrogens is 1. The molecule has 1 aromatic heterocycles. The average Bonchev–Trinajstić information content (AvgIpc) is 2.92. The van der Waals surface area contributed by atoms with Crippen LogP contribution in [0.1, 0.15) is 31.2 Å². The van der Waals surface area contributed by atoms with Crippen molar-refractivity contribution in [3.05, 3.63) is 47.0 Å². The number of nitrogens with zero attached hydrogens (tertiary/aromatic N) is 2. The molecule has 6 heteroatoms. The summed E-state index contributed by atoms with van der Waals surface area (Å²) in [5.41, 5.74) is 0.958. The summed E-state index contributed by atoms with van der Waals surface area (Å²) < 4.78 is 0. The van der Waals surface area contributed by atoms with E-state index in [9.17, 15) is 4.79 Å². The zero-order valence-corrected chi connectivity index (χ0v) is 12.2. The zero-order chi connectivity index (χ0) is 14.5. The summed E-state index contributed by atoms with van der Waals surface area (Å²) in [7, 11) is 0. The molecule has 1 unspecified atom stereocenters. The molecule has 2 rings (SSSR count). The molecule has 0 radical (unpaired) electrons. The number of carbonyl (C=O) groups is 1. The summed E-state index contributed by atoms with van der Waals surface area (Å²) in [5.74, 6) is 0.580. The maximum absolute atomic E-state index is 12.4. The standard InChI is InChI=1S/C14H17ClN4O/c1-9(2)13(10-3-5-11(15)6-4-10)14(20)16-7-12-17-8-18-19-12/h3-6,8-9,13H,7H2,1-2H3,(H,16,20)(H,17,18,19). The lowest BCUT2D eigenvalue weighted by molar-refractivity contribution is -0.123. The van der Waals surface area contributed by atoms with Crippen LogP contribution in [0.2, 0.25) is 5.02 Å². The molecule has 2 N–H and O–H groups in total. The molecule has 0 aliphatic rings. The van der Waals surface area contributed by atoms with Gasteiger partial charge < -0.3 is 5.32 Å². The molecule has 2 aromatic rings. The van der Waals surface area contributed by atoms with Crippen molar-refractivity contribution in [2.24, 2.45) is 5.92 Å². The molecular weight excluding hydrogens is 276 g/mol. The van der Waals surface area contributed by atoms with Crippen LogP contribution in [0.4, 0.5) is 0 Å². The third-order valence-electron chi connectivity index (χ3n) is 3.07. The van der Waals surface area contributed by atoms with E-state index in [1.807, 2.05) is 26.0 Å².